The summed E-state index contributed by atoms with van der Waals surface area (Å²) < 4.78 is 10.9. The summed E-state index contributed by atoms with van der Waals surface area (Å²) in [5.74, 6) is 1.37. The lowest BCUT2D eigenvalue weighted by atomic mass is 9.96. The van der Waals surface area contributed by atoms with Crippen molar-refractivity contribution < 1.29 is 9.26 Å². The first-order valence-corrected chi connectivity index (χ1v) is 7.19. The maximum absolute atomic E-state index is 5.60. The van der Waals surface area contributed by atoms with Crippen LogP contribution in [0.15, 0.2) is 4.52 Å². The average Bonchev–Trinajstić information content (AvgIpc) is 2.87. The van der Waals surface area contributed by atoms with Gasteiger partial charge >= 0.3 is 0 Å². The summed E-state index contributed by atoms with van der Waals surface area (Å²) in [6.07, 6.45) is 3.49. The molecule has 1 N–H and O–H groups in total. The summed E-state index contributed by atoms with van der Waals surface area (Å²) in [6.45, 7) is 9.40. The van der Waals surface area contributed by atoms with Crippen LogP contribution in [0.25, 0.3) is 0 Å². The molecule has 0 aliphatic heterocycles. The Labute approximate surface area is 116 Å². The molecular weight excluding hydrogens is 242 g/mol. The van der Waals surface area contributed by atoms with Gasteiger partial charge in [-0.2, -0.15) is 4.98 Å². The Hall–Kier alpha value is -0.940. The lowest BCUT2D eigenvalue weighted by Gasteiger charge is -2.25. The zero-order valence-electron chi connectivity index (χ0n) is 12.8. The maximum Gasteiger partial charge on any atom is 0.226 e. The molecule has 19 heavy (non-hydrogen) atoms. The highest BCUT2D eigenvalue weighted by atomic mass is 16.5. The van der Waals surface area contributed by atoms with Gasteiger partial charge in [0.1, 0.15) is 5.60 Å². The van der Waals surface area contributed by atoms with Crippen LogP contribution in [0, 0.1) is 0 Å². The first kappa shape index (κ1) is 16.1. The lowest BCUT2D eigenvalue weighted by Crippen LogP contribution is -2.28. The molecule has 1 aromatic rings. The summed E-state index contributed by atoms with van der Waals surface area (Å²) in [5, 5.41) is 7.46. The zero-order chi connectivity index (χ0) is 14.3. The van der Waals surface area contributed by atoms with Crippen molar-refractivity contribution >= 4 is 0 Å². The number of nitrogens with zero attached hydrogens (tertiary/aromatic N) is 2. The van der Waals surface area contributed by atoms with Crippen molar-refractivity contribution in [1.82, 2.24) is 15.5 Å². The van der Waals surface area contributed by atoms with Gasteiger partial charge in [-0.05, 0) is 25.8 Å². The third kappa shape index (κ3) is 4.28. The molecule has 0 saturated carbocycles. The van der Waals surface area contributed by atoms with Gasteiger partial charge < -0.3 is 14.6 Å². The van der Waals surface area contributed by atoms with Crippen LogP contribution in [-0.4, -0.2) is 29.8 Å². The summed E-state index contributed by atoms with van der Waals surface area (Å²) in [5.41, 5.74) is -0.405. The van der Waals surface area contributed by atoms with Gasteiger partial charge in [0.15, 0.2) is 0 Å². The van der Waals surface area contributed by atoms with E-state index in [2.05, 4.69) is 43.2 Å². The van der Waals surface area contributed by atoms with Gasteiger partial charge in [0.25, 0.3) is 0 Å². The molecule has 1 heterocycles. The number of methoxy groups -OCH3 is 1. The number of nitrogens with one attached hydrogen (secondary N) is 1. The molecule has 1 aromatic heterocycles. The first-order chi connectivity index (χ1) is 9.07. The molecule has 0 aromatic carbocycles. The van der Waals surface area contributed by atoms with E-state index in [1.165, 1.54) is 0 Å². The second kappa shape index (κ2) is 7.60. The van der Waals surface area contributed by atoms with E-state index in [9.17, 15) is 0 Å². The molecule has 0 saturated heterocycles. The fourth-order valence-corrected chi connectivity index (χ4v) is 2.12. The highest BCUT2D eigenvalue weighted by Gasteiger charge is 2.33. The van der Waals surface area contributed by atoms with E-state index < -0.39 is 5.60 Å². The van der Waals surface area contributed by atoms with Crippen molar-refractivity contribution in [2.75, 3.05) is 13.7 Å². The quantitative estimate of drug-likeness (QED) is 0.698. The maximum atomic E-state index is 5.60. The normalized spacial score (nSPS) is 12.3. The molecule has 0 radical (unpaired) electrons. The molecule has 0 aliphatic rings. The van der Waals surface area contributed by atoms with Gasteiger partial charge in [0.2, 0.25) is 11.7 Å². The molecule has 0 aliphatic carbocycles. The van der Waals surface area contributed by atoms with Crippen LogP contribution < -0.4 is 5.32 Å². The minimum atomic E-state index is -0.405. The van der Waals surface area contributed by atoms with Crippen molar-refractivity contribution in [1.29, 1.82) is 0 Å². The molecular formula is C14H27N3O2. The fraction of sp³-hybridized carbons (Fsp3) is 0.857. The van der Waals surface area contributed by atoms with Crippen molar-refractivity contribution in [3.05, 3.63) is 11.7 Å². The Morgan fingerprint density at radius 2 is 2.00 bits per heavy atom. The highest BCUT2D eigenvalue weighted by Crippen LogP contribution is 2.30. The number of aromatic nitrogens is 2. The van der Waals surface area contributed by atoms with E-state index in [0.717, 1.165) is 32.2 Å². The highest BCUT2D eigenvalue weighted by molar-refractivity contribution is 5.01. The van der Waals surface area contributed by atoms with E-state index in [0.29, 0.717) is 17.8 Å². The summed E-state index contributed by atoms with van der Waals surface area (Å²) in [4.78, 5) is 4.48. The van der Waals surface area contributed by atoms with E-state index in [-0.39, 0.29) is 0 Å². The molecule has 0 bridgehead atoms. The third-order valence-corrected chi connectivity index (χ3v) is 3.53. The topological polar surface area (TPSA) is 60.2 Å². The molecule has 1 rings (SSSR count). The number of ether oxygens (including phenoxy) is 1. The van der Waals surface area contributed by atoms with Crippen LogP contribution in [0.3, 0.4) is 0 Å². The Morgan fingerprint density at radius 1 is 1.32 bits per heavy atom. The van der Waals surface area contributed by atoms with Crippen LogP contribution in [0.5, 0.6) is 0 Å². The minimum absolute atomic E-state index is 0.405. The molecule has 110 valence electrons. The average molecular weight is 269 g/mol. The van der Waals surface area contributed by atoms with Gasteiger partial charge in [-0.1, -0.05) is 32.9 Å². The van der Waals surface area contributed by atoms with Crippen molar-refractivity contribution in [2.24, 2.45) is 0 Å². The molecule has 0 fully saturated rings. The molecule has 0 spiro atoms. The Balaban J connectivity index is 2.56. The standard InChI is InChI=1S/C14H27N3O2/c1-6-14(7-2,18-5)13-16-12(19-17-13)9-8-10-15-11(3)4/h11,15H,6-10H2,1-5H3. The number of rotatable bonds is 9. The second-order valence-electron chi connectivity index (χ2n) is 5.13. The largest absolute Gasteiger partial charge is 0.370 e. The van der Waals surface area contributed by atoms with Crippen molar-refractivity contribution in [3.63, 3.8) is 0 Å². The Kier molecular flexibility index (Phi) is 6.45. The van der Waals surface area contributed by atoms with Gasteiger partial charge in [-0.3, -0.25) is 0 Å². The zero-order valence-corrected chi connectivity index (χ0v) is 12.8. The molecule has 5 heteroatoms. The van der Waals surface area contributed by atoms with E-state index in [4.69, 9.17) is 9.26 Å². The van der Waals surface area contributed by atoms with Gasteiger partial charge in [-0.25, -0.2) is 0 Å². The second-order valence-corrected chi connectivity index (χ2v) is 5.13. The monoisotopic (exact) mass is 269 g/mol. The predicted molar refractivity (Wildman–Crippen MR) is 75.0 cm³/mol. The van der Waals surface area contributed by atoms with E-state index in [1.807, 2.05) is 0 Å². The predicted octanol–water partition coefficient (Wildman–Crippen LogP) is 2.66. The summed E-state index contributed by atoms with van der Waals surface area (Å²) in [7, 11) is 1.70. The number of hydrogen-bond acceptors (Lipinski definition) is 5. The molecule has 0 unspecified atom stereocenters. The number of hydrogen-bond donors (Lipinski definition) is 1. The van der Waals surface area contributed by atoms with Gasteiger partial charge in [0, 0.05) is 19.6 Å². The van der Waals surface area contributed by atoms with Gasteiger partial charge in [-0.15, -0.1) is 0 Å². The molecule has 0 atom stereocenters. The van der Waals surface area contributed by atoms with Crippen molar-refractivity contribution in [3.8, 4) is 0 Å². The number of aryl methyl sites for hydroxylation is 1. The fourth-order valence-electron chi connectivity index (χ4n) is 2.12. The lowest BCUT2D eigenvalue weighted by molar-refractivity contribution is -0.0306. The van der Waals surface area contributed by atoms with Crippen LogP contribution in [0.4, 0.5) is 0 Å². The SMILES string of the molecule is CCC(CC)(OC)c1noc(CCCNC(C)C)n1. The molecule has 5 nitrogen and oxygen atoms in total. The van der Waals surface area contributed by atoms with Crippen LogP contribution in [0.1, 0.15) is 58.7 Å². The van der Waals surface area contributed by atoms with E-state index >= 15 is 0 Å². The van der Waals surface area contributed by atoms with Gasteiger partial charge in [0.05, 0.1) is 0 Å². The Morgan fingerprint density at radius 3 is 2.53 bits per heavy atom. The molecule has 0 amide bonds. The summed E-state index contributed by atoms with van der Waals surface area (Å²) in [6, 6.07) is 0.513. The Bertz CT molecular complexity index is 351. The van der Waals surface area contributed by atoms with Crippen LogP contribution >= 0.6 is 0 Å². The summed E-state index contributed by atoms with van der Waals surface area (Å²) >= 11 is 0. The van der Waals surface area contributed by atoms with Crippen LogP contribution in [-0.2, 0) is 16.8 Å². The first-order valence-electron chi connectivity index (χ1n) is 7.19. The third-order valence-electron chi connectivity index (χ3n) is 3.53. The van der Waals surface area contributed by atoms with E-state index in [1.54, 1.807) is 7.11 Å². The van der Waals surface area contributed by atoms with Crippen molar-refractivity contribution in [2.45, 2.75) is 65.0 Å². The smallest absolute Gasteiger partial charge is 0.226 e. The van der Waals surface area contributed by atoms with Crippen LogP contribution in [0.2, 0.25) is 0 Å². The minimum Gasteiger partial charge on any atom is -0.370 e.